The van der Waals surface area contributed by atoms with Gasteiger partial charge in [0.25, 0.3) is 0 Å². The van der Waals surface area contributed by atoms with Crippen molar-refractivity contribution in [2.75, 3.05) is 0 Å². The van der Waals surface area contributed by atoms with E-state index in [1.807, 2.05) is 0 Å². The zero-order valence-corrected chi connectivity index (χ0v) is 14.8. The lowest BCUT2D eigenvalue weighted by atomic mass is 9.81. The summed E-state index contributed by atoms with van der Waals surface area (Å²) in [6.07, 6.45) is 2.63. The fraction of sp³-hybridized carbons (Fsp3) is 0.722. The molecule has 1 saturated heterocycles. The van der Waals surface area contributed by atoms with E-state index in [0.717, 1.165) is 6.08 Å². The van der Waals surface area contributed by atoms with Crippen LogP contribution in [0, 0.1) is 11.3 Å². The van der Waals surface area contributed by atoms with E-state index in [-0.39, 0.29) is 24.0 Å². The first-order chi connectivity index (χ1) is 11.0. The number of carbonyl (C=O) groups excluding carboxylic acids is 3. The molecule has 0 radical (unpaired) electrons. The van der Waals surface area contributed by atoms with Crippen LogP contribution in [0.1, 0.15) is 53.4 Å². The topological polar surface area (TPSA) is 78.9 Å². The number of hydrogen-bond donors (Lipinski definition) is 0. The monoisotopic (exact) mass is 338 g/mol. The summed E-state index contributed by atoms with van der Waals surface area (Å²) in [7, 11) is 0. The molecule has 3 atom stereocenters. The first-order valence-electron chi connectivity index (χ1n) is 8.31. The normalized spacial score (nSPS) is 26.5. The molecule has 0 aromatic rings. The van der Waals surface area contributed by atoms with E-state index in [9.17, 15) is 14.4 Å². The van der Waals surface area contributed by atoms with E-state index < -0.39 is 23.1 Å². The van der Waals surface area contributed by atoms with Gasteiger partial charge in [0.15, 0.2) is 0 Å². The fourth-order valence-electron chi connectivity index (χ4n) is 3.60. The van der Waals surface area contributed by atoms with E-state index in [4.69, 9.17) is 14.2 Å². The molecule has 2 fully saturated rings. The van der Waals surface area contributed by atoms with Crippen LogP contribution in [0.3, 0.4) is 0 Å². The SMILES string of the molecule is C=CC(=O)OC(C)(C)CC(C)(C)C(=O)OC1CCC2CC1OC2=O. The lowest BCUT2D eigenvalue weighted by Gasteiger charge is -2.35. The van der Waals surface area contributed by atoms with Gasteiger partial charge in [0.1, 0.15) is 17.8 Å². The van der Waals surface area contributed by atoms with Crippen LogP contribution in [0.4, 0.5) is 0 Å². The molecule has 0 aromatic carbocycles. The van der Waals surface area contributed by atoms with Gasteiger partial charge in [-0.3, -0.25) is 9.59 Å². The Morgan fingerprint density at radius 2 is 1.96 bits per heavy atom. The van der Waals surface area contributed by atoms with E-state index >= 15 is 0 Å². The minimum absolute atomic E-state index is 0.0461. The van der Waals surface area contributed by atoms with Crippen LogP contribution in [0.15, 0.2) is 12.7 Å². The molecule has 0 spiro atoms. The molecule has 6 nitrogen and oxygen atoms in total. The number of hydrogen-bond acceptors (Lipinski definition) is 6. The molecule has 1 saturated carbocycles. The minimum atomic E-state index is -0.843. The molecule has 0 amide bonds. The number of esters is 3. The summed E-state index contributed by atoms with van der Waals surface area (Å²) < 4.78 is 16.2. The van der Waals surface area contributed by atoms with Crippen LogP contribution in [0.2, 0.25) is 0 Å². The van der Waals surface area contributed by atoms with Gasteiger partial charge < -0.3 is 14.2 Å². The Kier molecular flexibility index (Phi) is 5.06. The highest BCUT2D eigenvalue weighted by Gasteiger charge is 2.47. The molecule has 2 aliphatic rings. The highest BCUT2D eigenvalue weighted by atomic mass is 16.6. The molecule has 0 N–H and O–H groups in total. The third-order valence-corrected chi connectivity index (χ3v) is 4.55. The number of ether oxygens (including phenoxy) is 3. The standard InChI is InChI=1S/C18H26O6/c1-6-14(19)24-18(4,5)10-17(2,3)16(21)23-12-8-7-11-9-13(12)22-15(11)20/h6,11-13H,1,7-10H2,2-5H3. The van der Waals surface area contributed by atoms with Crippen LogP contribution in [-0.2, 0) is 28.6 Å². The zero-order chi connectivity index (χ0) is 18.1. The van der Waals surface area contributed by atoms with Crippen molar-refractivity contribution in [3.8, 4) is 0 Å². The molecule has 1 aliphatic heterocycles. The number of carbonyl (C=O) groups is 3. The summed E-state index contributed by atoms with van der Waals surface area (Å²) in [5, 5.41) is 0. The Labute approximate surface area is 142 Å². The molecular formula is C18H26O6. The maximum atomic E-state index is 12.6. The zero-order valence-electron chi connectivity index (χ0n) is 14.8. The molecule has 1 heterocycles. The Morgan fingerprint density at radius 3 is 2.58 bits per heavy atom. The molecule has 6 heteroatoms. The molecule has 0 aromatic heterocycles. The van der Waals surface area contributed by atoms with Crippen LogP contribution in [-0.4, -0.2) is 35.7 Å². The van der Waals surface area contributed by atoms with Crippen molar-refractivity contribution in [1.29, 1.82) is 0 Å². The van der Waals surface area contributed by atoms with Crippen molar-refractivity contribution in [2.24, 2.45) is 11.3 Å². The van der Waals surface area contributed by atoms with Gasteiger partial charge >= 0.3 is 17.9 Å². The van der Waals surface area contributed by atoms with Crippen molar-refractivity contribution in [1.82, 2.24) is 0 Å². The first kappa shape index (κ1) is 18.5. The quantitative estimate of drug-likeness (QED) is 0.421. The summed E-state index contributed by atoms with van der Waals surface area (Å²) in [6.45, 7) is 10.4. The van der Waals surface area contributed by atoms with Crippen molar-refractivity contribution in [3.63, 3.8) is 0 Å². The maximum Gasteiger partial charge on any atom is 0.330 e. The van der Waals surface area contributed by atoms with Crippen LogP contribution < -0.4 is 0 Å². The Bertz CT molecular complexity index is 548. The predicted octanol–water partition coefficient (Wildman–Crippen LogP) is 2.55. The van der Waals surface area contributed by atoms with Gasteiger partial charge in [-0.25, -0.2) is 4.79 Å². The van der Waals surface area contributed by atoms with Crippen molar-refractivity contribution < 1.29 is 28.6 Å². The number of fused-ring (bicyclic) bond motifs is 2. The maximum absolute atomic E-state index is 12.6. The van der Waals surface area contributed by atoms with Crippen molar-refractivity contribution in [2.45, 2.75) is 71.2 Å². The van der Waals surface area contributed by atoms with Crippen LogP contribution >= 0.6 is 0 Å². The van der Waals surface area contributed by atoms with E-state index in [1.54, 1.807) is 27.7 Å². The highest BCUT2D eigenvalue weighted by Crippen LogP contribution is 2.38. The summed E-state index contributed by atoms with van der Waals surface area (Å²) in [5.74, 6) is -1.14. The smallest absolute Gasteiger partial charge is 0.330 e. The first-order valence-corrected chi connectivity index (χ1v) is 8.31. The largest absolute Gasteiger partial charge is 0.458 e. The molecule has 24 heavy (non-hydrogen) atoms. The van der Waals surface area contributed by atoms with Gasteiger partial charge in [0.05, 0.1) is 11.3 Å². The average Bonchev–Trinajstić information content (AvgIpc) is 2.76. The van der Waals surface area contributed by atoms with Crippen LogP contribution in [0.5, 0.6) is 0 Å². The third kappa shape index (κ3) is 4.16. The summed E-state index contributed by atoms with van der Waals surface area (Å²) >= 11 is 0. The number of rotatable bonds is 6. The van der Waals surface area contributed by atoms with Gasteiger partial charge in [-0.2, -0.15) is 0 Å². The lowest BCUT2D eigenvalue weighted by molar-refractivity contribution is -0.175. The van der Waals surface area contributed by atoms with Gasteiger partial charge in [-0.15, -0.1) is 0 Å². The molecule has 2 bridgehead atoms. The molecule has 3 unspecified atom stereocenters. The molecule has 2 rings (SSSR count). The highest BCUT2D eigenvalue weighted by molar-refractivity contribution is 5.82. The molecule has 134 valence electrons. The van der Waals surface area contributed by atoms with Crippen molar-refractivity contribution in [3.05, 3.63) is 12.7 Å². The molecule has 1 aliphatic carbocycles. The van der Waals surface area contributed by atoms with Gasteiger partial charge in [0.2, 0.25) is 0 Å². The van der Waals surface area contributed by atoms with Gasteiger partial charge in [-0.05, 0) is 40.5 Å². The second kappa shape index (κ2) is 6.57. The summed E-state index contributed by atoms with van der Waals surface area (Å²) in [5.41, 5.74) is -1.67. The third-order valence-electron chi connectivity index (χ3n) is 4.55. The van der Waals surface area contributed by atoms with E-state index in [2.05, 4.69) is 6.58 Å². The fourth-order valence-corrected chi connectivity index (χ4v) is 3.60. The van der Waals surface area contributed by atoms with Gasteiger partial charge in [-0.1, -0.05) is 6.58 Å². The molecular weight excluding hydrogens is 312 g/mol. The van der Waals surface area contributed by atoms with Crippen molar-refractivity contribution >= 4 is 17.9 Å². The lowest BCUT2D eigenvalue weighted by Crippen LogP contribution is -2.42. The van der Waals surface area contributed by atoms with E-state index in [1.165, 1.54) is 0 Å². The van der Waals surface area contributed by atoms with E-state index in [0.29, 0.717) is 25.7 Å². The Morgan fingerprint density at radius 1 is 1.29 bits per heavy atom. The second-order valence-corrected chi connectivity index (χ2v) is 7.87. The second-order valence-electron chi connectivity index (χ2n) is 7.87. The Balaban J connectivity index is 1.96. The predicted molar refractivity (Wildman–Crippen MR) is 85.9 cm³/mol. The Hall–Kier alpha value is -1.85. The van der Waals surface area contributed by atoms with Gasteiger partial charge in [0, 0.05) is 18.9 Å². The van der Waals surface area contributed by atoms with Crippen LogP contribution in [0.25, 0.3) is 0 Å². The minimum Gasteiger partial charge on any atom is -0.458 e. The summed E-state index contributed by atoms with van der Waals surface area (Å²) in [4.78, 5) is 35.6. The average molecular weight is 338 g/mol. The summed E-state index contributed by atoms with van der Waals surface area (Å²) in [6, 6.07) is 0.